The Bertz CT molecular complexity index is 1050. The van der Waals surface area contributed by atoms with Gasteiger partial charge in [-0.25, -0.2) is 8.42 Å². The fourth-order valence-corrected chi connectivity index (χ4v) is 5.26. The molecule has 0 saturated carbocycles. The van der Waals surface area contributed by atoms with Crippen LogP contribution in [0.4, 0.5) is 11.4 Å². The molecule has 0 fully saturated rings. The lowest BCUT2D eigenvalue weighted by Gasteiger charge is -2.18. The van der Waals surface area contributed by atoms with E-state index in [-0.39, 0.29) is 35.3 Å². The van der Waals surface area contributed by atoms with E-state index in [1.165, 1.54) is 17.0 Å². The first-order valence-corrected chi connectivity index (χ1v) is 12.0. The number of nitro benzene ring substituents is 1. The second-order valence-corrected chi connectivity index (χ2v) is 10.3. The zero-order chi connectivity index (χ0) is 21.2. The number of carbonyl (C=O) groups excluding carboxylic acids is 1. The van der Waals surface area contributed by atoms with E-state index in [0.29, 0.717) is 5.92 Å². The van der Waals surface area contributed by atoms with Gasteiger partial charge in [-0.2, -0.15) is 0 Å². The molecule has 1 aliphatic rings. The molecule has 156 valence electrons. The monoisotopic (exact) mass is 437 g/mol. The lowest BCUT2D eigenvalue weighted by Crippen LogP contribution is -2.29. The van der Waals surface area contributed by atoms with Crippen LogP contribution in [-0.2, 0) is 22.7 Å². The van der Waals surface area contributed by atoms with E-state index in [4.69, 9.17) is 0 Å². The van der Waals surface area contributed by atoms with Crippen molar-refractivity contribution in [2.75, 3.05) is 24.7 Å². The zero-order valence-electron chi connectivity index (χ0n) is 16.2. The SMILES string of the molecule is CC1CCc2c(C(=O)NCCNc3ccc(S(C)(=O)=O)cc3[N+](=O)[O-])csc2C1. The molecule has 3 rings (SSSR count). The summed E-state index contributed by atoms with van der Waals surface area (Å²) in [5, 5.41) is 18.9. The van der Waals surface area contributed by atoms with E-state index in [1.54, 1.807) is 11.3 Å². The number of sulfone groups is 1. The molecule has 1 amide bonds. The number of thiophene rings is 1. The van der Waals surface area contributed by atoms with Crippen molar-refractivity contribution in [3.63, 3.8) is 0 Å². The molecule has 1 aliphatic carbocycles. The molecule has 0 radical (unpaired) electrons. The van der Waals surface area contributed by atoms with Gasteiger partial charge in [0.05, 0.1) is 15.4 Å². The van der Waals surface area contributed by atoms with Gasteiger partial charge in [0, 0.05) is 35.7 Å². The maximum atomic E-state index is 12.5. The van der Waals surface area contributed by atoms with Gasteiger partial charge in [-0.15, -0.1) is 11.3 Å². The fourth-order valence-electron chi connectivity index (χ4n) is 3.38. The molecule has 1 aromatic heterocycles. The summed E-state index contributed by atoms with van der Waals surface area (Å²) in [6.45, 7) is 2.77. The van der Waals surface area contributed by atoms with Crippen molar-refractivity contribution in [2.45, 2.75) is 31.1 Å². The second kappa shape index (κ2) is 8.50. The smallest absolute Gasteiger partial charge is 0.293 e. The summed E-state index contributed by atoms with van der Waals surface area (Å²) in [6.07, 6.45) is 4.01. The Balaban J connectivity index is 1.60. The van der Waals surface area contributed by atoms with Gasteiger partial charge < -0.3 is 10.6 Å². The van der Waals surface area contributed by atoms with E-state index < -0.39 is 14.8 Å². The summed E-state index contributed by atoms with van der Waals surface area (Å²) in [5.41, 5.74) is 1.75. The van der Waals surface area contributed by atoms with Gasteiger partial charge in [-0.05, 0) is 42.9 Å². The van der Waals surface area contributed by atoms with Crippen LogP contribution in [0.1, 0.15) is 34.1 Å². The number of hydrogen-bond acceptors (Lipinski definition) is 7. The third kappa shape index (κ3) is 4.94. The van der Waals surface area contributed by atoms with E-state index in [0.717, 1.165) is 42.7 Å². The lowest BCUT2D eigenvalue weighted by molar-refractivity contribution is -0.384. The Kier molecular flexibility index (Phi) is 6.23. The normalized spacial score (nSPS) is 16.1. The highest BCUT2D eigenvalue weighted by Crippen LogP contribution is 2.32. The largest absolute Gasteiger partial charge is 0.378 e. The number of hydrogen-bond donors (Lipinski definition) is 2. The average Bonchev–Trinajstić information content (AvgIpc) is 3.07. The summed E-state index contributed by atoms with van der Waals surface area (Å²) >= 11 is 1.63. The van der Waals surface area contributed by atoms with Gasteiger partial charge >= 0.3 is 0 Å². The third-order valence-electron chi connectivity index (χ3n) is 4.97. The Morgan fingerprint density at radius 2 is 2.10 bits per heavy atom. The van der Waals surface area contributed by atoms with Gasteiger partial charge in [-0.1, -0.05) is 6.92 Å². The van der Waals surface area contributed by atoms with Crippen LogP contribution >= 0.6 is 11.3 Å². The molecule has 1 heterocycles. The number of amides is 1. The standard InChI is InChI=1S/C19H23N3O5S2/c1-12-3-5-14-15(11-28-18(14)9-12)19(23)21-8-7-20-16-6-4-13(29(2,26)27)10-17(16)22(24)25/h4,6,10-12,20H,3,5,7-9H2,1-2H3,(H,21,23). The van der Waals surface area contributed by atoms with Gasteiger partial charge in [0.1, 0.15) is 5.69 Å². The maximum absolute atomic E-state index is 12.5. The van der Waals surface area contributed by atoms with Crippen molar-refractivity contribution in [1.29, 1.82) is 0 Å². The van der Waals surface area contributed by atoms with E-state index >= 15 is 0 Å². The molecular formula is C19H23N3O5S2. The molecule has 1 atom stereocenters. The third-order valence-corrected chi connectivity index (χ3v) is 7.13. The highest BCUT2D eigenvalue weighted by molar-refractivity contribution is 7.90. The van der Waals surface area contributed by atoms with Crippen LogP contribution in [0.25, 0.3) is 0 Å². The molecule has 0 bridgehead atoms. The average molecular weight is 438 g/mol. The number of benzene rings is 1. The number of fused-ring (bicyclic) bond motifs is 1. The number of nitrogens with one attached hydrogen (secondary N) is 2. The van der Waals surface area contributed by atoms with Gasteiger partial charge in [0.2, 0.25) is 0 Å². The first-order chi connectivity index (χ1) is 13.7. The summed E-state index contributed by atoms with van der Waals surface area (Å²) in [5.74, 6) is 0.506. The van der Waals surface area contributed by atoms with Crippen molar-refractivity contribution in [2.24, 2.45) is 5.92 Å². The lowest BCUT2D eigenvalue weighted by atomic mass is 9.88. The van der Waals surface area contributed by atoms with Crippen molar-refractivity contribution < 1.29 is 18.1 Å². The second-order valence-electron chi connectivity index (χ2n) is 7.29. The van der Waals surface area contributed by atoms with Gasteiger partial charge in [0.25, 0.3) is 11.6 Å². The minimum absolute atomic E-state index is 0.111. The molecule has 8 nitrogen and oxygen atoms in total. The highest BCUT2D eigenvalue weighted by Gasteiger charge is 2.23. The zero-order valence-corrected chi connectivity index (χ0v) is 17.9. The predicted octanol–water partition coefficient (Wildman–Crippen LogP) is 3.03. The van der Waals surface area contributed by atoms with Crippen LogP contribution < -0.4 is 10.6 Å². The van der Waals surface area contributed by atoms with Crippen LogP contribution in [0.2, 0.25) is 0 Å². The molecule has 0 spiro atoms. The highest BCUT2D eigenvalue weighted by atomic mass is 32.2. The van der Waals surface area contributed by atoms with Crippen LogP contribution in [0.15, 0.2) is 28.5 Å². The minimum atomic E-state index is -3.54. The van der Waals surface area contributed by atoms with Crippen LogP contribution in [0, 0.1) is 16.0 Å². The Morgan fingerprint density at radius 3 is 2.79 bits per heavy atom. The number of nitro groups is 1. The molecule has 29 heavy (non-hydrogen) atoms. The van der Waals surface area contributed by atoms with Crippen molar-refractivity contribution in [1.82, 2.24) is 5.32 Å². The molecule has 2 aromatic rings. The topological polar surface area (TPSA) is 118 Å². The van der Waals surface area contributed by atoms with Crippen LogP contribution in [-0.4, -0.2) is 38.6 Å². The Morgan fingerprint density at radius 1 is 1.34 bits per heavy atom. The number of anilines is 1. The summed E-state index contributed by atoms with van der Waals surface area (Å²) in [4.78, 5) is 24.3. The number of carbonyl (C=O) groups is 1. The number of rotatable bonds is 7. The van der Waals surface area contributed by atoms with Gasteiger partial charge in [0.15, 0.2) is 9.84 Å². The van der Waals surface area contributed by atoms with Crippen LogP contribution in [0.3, 0.4) is 0 Å². The van der Waals surface area contributed by atoms with Crippen molar-refractivity contribution in [3.8, 4) is 0 Å². The first kappa shape index (κ1) is 21.3. The predicted molar refractivity (Wildman–Crippen MR) is 113 cm³/mol. The maximum Gasteiger partial charge on any atom is 0.293 e. The Hall–Kier alpha value is -2.46. The molecule has 0 aliphatic heterocycles. The molecular weight excluding hydrogens is 414 g/mol. The fraction of sp³-hybridized carbons (Fsp3) is 0.421. The summed E-state index contributed by atoms with van der Waals surface area (Å²) in [6, 6.07) is 3.73. The van der Waals surface area contributed by atoms with Crippen molar-refractivity contribution in [3.05, 3.63) is 49.7 Å². The summed E-state index contributed by atoms with van der Waals surface area (Å²) < 4.78 is 23.2. The molecule has 1 unspecified atom stereocenters. The van der Waals surface area contributed by atoms with E-state index in [9.17, 15) is 23.3 Å². The minimum Gasteiger partial charge on any atom is -0.378 e. The molecule has 1 aromatic carbocycles. The quantitative estimate of drug-likeness (QED) is 0.390. The first-order valence-electron chi connectivity index (χ1n) is 9.26. The van der Waals surface area contributed by atoms with Crippen molar-refractivity contribution >= 4 is 38.5 Å². The molecule has 2 N–H and O–H groups in total. The van der Waals surface area contributed by atoms with Crippen LogP contribution in [0.5, 0.6) is 0 Å². The van der Waals surface area contributed by atoms with Gasteiger partial charge in [-0.3, -0.25) is 14.9 Å². The summed E-state index contributed by atoms with van der Waals surface area (Å²) in [7, 11) is -3.54. The Labute approximate surface area is 173 Å². The molecule has 10 heteroatoms. The number of nitrogens with zero attached hydrogens (tertiary/aromatic N) is 1. The van der Waals surface area contributed by atoms with E-state index in [1.807, 2.05) is 5.38 Å². The molecule has 0 saturated heterocycles. The van der Waals surface area contributed by atoms with E-state index in [2.05, 4.69) is 17.6 Å².